The fourth-order valence-electron chi connectivity index (χ4n) is 2.48. The van der Waals surface area contributed by atoms with E-state index in [1.54, 1.807) is 12.1 Å². The van der Waals surface area contributed by atoms with E-state index in [4.69, 9.17) is 5.11 Å². The highest BCUT2D eigenvalue weighted by molar-refractivity contribution is 5.88. The lowest BCUT2D eigenvalue weighted by Gasteiger charge is -2.36. The number of urea groups is 1. The molecule has 1 heterocycles. The number of carboxylic acids is 1. The summed E-state index contributed by atoms with van der Waals surface area (Å²) in [7, 11) is 3.95. The molecule has 1 aliphatic rings. The number of nitrogens with one attached hydrogen (secondary N) is 1. The lowest BCUT2D eigenvalue weighted by molar-refractivity contribution is 0.0697. The molecule has 0 aromatic heterocycles. The monoisotopic (exact) mass is 320 g/mol. The summed E-state index contributed by atoms with van der Waals surface area (Å²) in [5.41, 5.74) is 1.27. The minimum absolute atomic E-state index is 0.0206. The minimum atomic E-state index is -0.921. The molecule has 1 aromatic carbocycles. The van der Waals surface area contributed by atoms with Gasteiger partial charge in [-0.25, -0.2) is 9.59 Å². The summed E-state index contributed by atoms with van der Waals surface area (Å²) in [5, 5.41) is 11.8. The second kappa shape index (κ2) is 7.82. The van der Waals surface area contributed by atoms with Crippen LogP contribution in [0.1, 0.15) is 10.4 Å². The number of benzene rings is 1. The highest BCUT2D eigenvalue weighted by Crippen LogP contribution is 2.17. The first-order chi connectivity index (χ1) is 11.0. The lowest BCUT2D eigenvalue weighted by atomic mass is 10.2. The molecule has 2 amide bonds. The highest BCUT2D eigenvalue weighted by atomic mass is 16.4. The van der Waals surface area contributed by atoms with Gasteiger partial charge in [-0.1, -0.05) is 0 Å². The topological polar surface area (TPSA) is 76.1 Å². The number of carboxylic acid groups (broad SMARTS) is 1. The van der Waals surface area contributed by atoms with Crippen LogP contribution in [0.4, 0.5) is 10.5 Å². The number of likely N-dealkylation sites (N-methyl/N-ethyl adjacent to an activating group) is 1. The van der Waals surface area contributed by atoms with E-state index in [1.807, 2.05) is 36.0 Å². The van der Waals surface area contributed by atoms with E-state index >= 15 is 0 Å². The third kappa shape index (κ3) is 4.85. The number of anilines is 1. The van der Waals surface area contributed by atoms with Crippen molar-refractivity contribution in [2.75, 3.05) is 58.3 Å². The summed E-state index contributed by atoms with van der Waals surface area (Å²) in [6, 6.07) is 6.83. The maximum atomic E-state index is 12.1. The Morgan fingerprint density at radius 2 is 1.74 bits per heavy atom. The Labute approximate surface area is 136 Å². The van der Waals surface area contributed by atoms with Crippen molar-refractivity contribution in [3.63, 3.8) is 0 Å². The molecule has 2 N–H and O–H groups in total. The standard InChI is InChI=1S/C16H24N4O3/c1-18(2)8-7-17-16(23)20-11-9-19(10-12-20)14-5-3-13(4-6-14)15(21)22/h3-6H,7-12H2,1-2H3,(H,17,23)(H,21,22). The molecule has 1 saturated heterocycles. The van der Waals surface area contributed by atoms with Crippen molar-refractivity contribution in [1.29, 1.82) is 0 Å². The summed E-state index contributed by atoms with van der Waals surface area (Å²) in [6.07, 6.45) is 0. The van der Waals surface area contributed by atoms with Crippen LogP contribution in [-0.4, -0.2) is 80.3 Å². The van der Waals surface area contributed by atoms with Gasteiger partial charge < -0.3 is 25.1 Å². The van der Waals surface area contributed by atoms with Crippen LogP contribution in [0.2, 0.25) is 0 Å². The Hall–Kier alpha value is -2.28. The quantitative estimate of drug-likeness (QED) is 0.838. The fourth-order valence-corrected chi connectivity index (χ4v) is 2.48. The van der Waals surface area contributed by atoms with Crippen LogP contribution >= 0.6 is 0 Å². The number of hydrogen-bond acceptors (Lipinski definition) is 4. The van der Waals surface area contributed by atoms with Crippen molar-refractivity contribution in [2.24, 2.45) is 0 Å². The van der Waals surface area contributed by atoms with Crippen molar-refractivity contribution in [3.8, 4) is 0 Å². The third-order valence-corrected chi connectivity index (χ3v) is 3.88. The van der Waals surface area contributed by atoms with Gasteiger partial charge in [-0.15, -0.1) is 0 Å². The summed E-state index contributed by atoms with van der Waals surface area (Å²) in [6.45, 7) is 4.27. The molecule has 7 nitrogen and oxygen atoms in total. The minimum Gasteiger partial charge on any atom is -0.478 e. The van der Waals surface area contributed by atoms with Gasteiger partial charge >= 0.3 is 12.0 Å². The zero-order valence-corrected chi connectivity index (χ0v) is 13.7. The first-order valence-electron chi connectivity index (χ1n) is 7.73. The first kappa shape index (κ1) is 17.1. The number of aromatic carboxylic acids is 1. The van der Waals surface area contributed by atoms with Crippen LogP contribution in [0.5, 0.6) is 0 Å². The second-order valence-corrected chi connectivity index (χ2v) is 5.86. The number of nitrogens with zero attached hydrogens (tertiary/aromatic N) is 3. The summed E-state index contributed by atoms with van der Waals surface area (Å²) in [5.74, 6) is -0.921. The highest BCUT2D eigenvalue weighted by Gasteiger charge is 2.21. The van der Waals surface area contributed by atoms with Crippen molar-refractivity contribution in [3.05, 3.63) is 29.8 Å². The van der Waals surface area contributed by atoms with Gasteiger partial charge in [0.2, 0.25) is 0 Å². The summed E-state index contributed by atoms with van der Waals surface area (Å²) < 4.78 is 0. The Kier molecular flexibility index (Phi) is 5.81. The first-order valence-corrected chi connectivity index (χ1v) is 7.73. The van der Waals surface area contributed by atoms with Gasteiger partial charge in [0.15, 0.2) is 0 Å². The molecule has 0 radical (unpaired) electrons. The number of hydrogen-bond donors (Lipinski definition) is 2. The van der Waals surface area contributed by atoms with Crippen molar-refractivity contribution in [1.82, 2.24) is 15.1 Å². The largest absolute Gasteiger partial charge is 0.478 e. The van der Waals surface area contributed by atoms with E-state index in [1.165, 1.54) is 0 Å². The second-order valence-electron chi connectivity index (χ2n) is 5.86. The van der Waals surface area contributed by atoms with Crippen LogP contribution in [0.15, 0.2) is 24.3 Å². The van der Waals surface area contributed by atoms with Crippen molar-refractivity contribution >= 4 is 17.7 Å². The number of piperazine rings is 1. The van der Waals surface area contributed by atoms with Crippen molar-refractivity contribution in [2.45, 2.75) is 0 Å². The molecule has 0 unspecified atom stereocenters. The van der Waals surface area contributed by atoms with Gasteiger partial charge in [-0.2, -0.15) is 0 Å². The van der Waals surface area contributed by atoms with Gasteiger partial charge in [0.1, 0.15) is 0 Å². The van der Waals surface area contributed by atoms with Gasteiger partial charge in [0, 0.05) is 45.0 Å². The number of amides is 2. The molecule has 0 aliphatic carbocycles. The number of carbonyl (C=O) groups is 2. The van der Waals surface area contributed by atoms with Gasteiger partial charge in [-0.05, 0) is 38.4 Å². The van der Waals surface area contributed by atoms with E-state index in [-0.39, 0.29) is 11.6 Å². The lowest BCUT2D eigenvalue weighted by Crippen LogP contribution is -2.52. The molecule has 0 spiro atoms. The van der Waals surface area contributed by atoms with E-state index in [0.29, 0.717) is 19.6 Å². The van der Waals surface area contributed by atoms with Gasteiger partial charge in [0.05, 0.1) is 5.56 Å². The molecule has 126 valence electrons. The predicted molar refractivity (Wildman–Crippen MR) is 89.1 cm³/mol. The number of carbonyl (C=O) groups excluding carboxylic acids is 1. The van der Waals surface area contributed by atoms with Crippen LogP contribution in [0.25, 0.3) is 0 Å². The van der Waals surface area contributed by atoms with Crippen LogP contribution < -0.4 is 10.2 Å². The van der Waals surface area contributed by atoms with E-state index in [9.17, 15) is 9.59 Å². The molecule has 1 aliphatic heterocycles. The summed E-state index contributed by atoms with van der Waals surface area (Å²) >= 11 is 0. The molecule has 7 heteroatoms. The Balaban J connectivity index is 1.81. The van der Waals surface area contributed by atoms with Gasteiger partial charge in [-0.3, -0.25) is 0 Å². The normalized spacial score (nSPS) is 14.9. The Bertz CT molecular complexity index is 537. The zero-order valence-electron chi connectivity index (χ0n) is 13.7. The molecule has 23 heavy (non-hydrogen) atoms. The fraction of sp³-hybridized carbons (Fsp3) is 0.500. The van der Waals surface area contributed by atoms with Crippen LogP contribution in [-0.2, 0) is 0 Å². The maximum absolute atomic E-state index is 12.1. The molecular weight excluding hydrogens is 296 g/mol. The maximum Gasteiger partial charge on any atom is 0.335 e. The van der Waals surface area contributed by atoms with E-state index < -0.39 is 5.97 Å². The molecular formula is C16H24N4O3. The van der Waals surface area contributed by atoms with Crippen molar-refractivity contribution < 1.29 is 14.7 Å². The molecule has 1 fully saturated rings. The van der Waals surface area contributed by atoms with E-state index in [0.717, 1.165) is 25.3 Å². The molecule has 1 aromatic rings. The smallest absolute Gasteiger partial charge is 0.335 e. The average Bonchev–Trinajstić information content (AvgIpc) is 2.54. The Morgan fingerprint density at radius 1 is 1.13 bits per heavy atom. The SMILES string of the molecule is CN(C)CCNC(=O)N1CCN(c2ccc(C(=O)O)cc2)CC1. The van der Waals surface area contributed by atoms with E-state index in [2.05, 4.69) is 10.2 Å². The molecule has 0 atom stereocenters. The van der Waals surface area contributed by atoms with Gasteiger partial charge in [0.25, 0.3) is 0 Å². The van der Waals surface area contributed by atoms with Crippen LogP contribution in [0, 0.1) is 0 Å². The van der Waals surface area contributed by atoms with Crippen LogP contribution in [0.3, 0.4) is 0 Å². The zero-order chi connectivity index (χ0) is 16.8. The summed E-state index contributed by atoms with van der Waals surface area (Å²) in [4.78, 5) is 28.9. The third-order valence-electron chi connectivity index (χ3n) is 3.88. The molecule has 0 bridgehead atoms. The molecule has 2 rings (SSSR count). The number of rotatable bonds is 5. The average molecular weight is 320 g/mol. The molecule has 0 saturated carbocycles. The Morgan fingerprint density at radius 3 is 2.26 bits per heavy atom. The predicted octanol–water partition coefficient (Wildman–Crippen LogP) is 0.778.